The van der Waals surface area contributed by atoms with E-state index in [0.29, 0.717) is 38.0 Å². The van der Waals surface area contributed by atoms with E-state index in [4.69, 9.17) is 4.52 Å². The Balaban J connectivity index is 1.60. The van der Waals surface area contributed by atoms with Crippen LogP contribution in [0, 0.1) is 0 Å². The Morgan fingerprint density at radius 3 is 2.52 bits per heavy atom. The highest BCUT2D eigenvalue weighted by Crippen LogP contribution is 2.38. The van der Waals surface area contributed by atoms with Gasteiger partial charge in [-0.2, -0.15) is 9.29 Å². The van der Waals surface area contributed by atoms with Crippen LogP contribution in [-0.2, 0) is 10.0 Å². The molecule has 0 N–H and O–H groups in total. The average Bonchev–Trinajstić information content (AvgIpc) is 3.24. The maximum atomic E-state index is 11.9. The first-order chi connectivity index (χ1) is 10.0. The van der Waals surface area contributed by atoms with E-state index in [2.05, 4.69) is 15.0 Å². The van der Waals surface area contributed by atoms with Crippen molar-refractivity contribution in [3.63, 3.8) is 0 Å². The van der Waals surface area contributed by atoms with Gasteiger partial charge in [0, 0.05) is 32.1 Å². The van der Waals surface area contributed by atoms with Crippen LogP contribution in [0.5, 0.6) is 0 Å². The zero-order valence-corrected chi connectivity index (χ0v) is 13.3. The van der Waals surface area contributed by atoms with Crippen molar-refractivity contribution in [3.8, 4) is 0 Å². The third-order valence-corrected chi connectivity index (χ3v) is 6.22. The summed E-state index contributed by atoms with van der Waals surface area (Å²) < 4.78 is 30.6. The van der Waals surface area contributed by atoms with E-state index in [1.165, 1.54) is 0 Å². The van der Waals surface area contributed by atoms with E-state index in [0.717, 1.165) is 18.7 Å². The summed E-state index contributed by atoms with van der Waals surface area (Å²) in [4.78, 5) is 6.68. The van der Waals surface area contributed by atoms with Crippen molar-refractivity contribution < 1.29 is 12.9 Å². The predicted molar refractivity (Wildman–Crippen MR) is 77.3 cm³/mol. The van der Waals surface area contributed by atoms with Crippen LogP contribution in [0.2, 0.25) is 0 Å². The average molecular weight is 314 g/mol. The van der Waals surface area contributed by atoms with Crippen molar-refractivity contribution in [1.29, 1.82) is 0 Å². The largest absolute Gasteiger partial charge is 0.338 e. The van der Waals surface area contributed by atoms with Crippen LogP contribution < -0.4 is 0 Å². The summed E-state index contributed by atoms with van der Waals surface area (Å²) in [5.41, 5.74) is 0. The normalized spacial score (nSPS) is 23.3. The van der Waals surface area contributed by atoms with Gasteiger partial charge in [0.1, 0.15) is 0 Å². The van der Waals surface area contributed by atoms with Crippen LogP contribution in [0.3, 0.4) is 0 Å². The van der Waals surface area contributed by atoms with Gasteiger partial charge in [0.05, 0.1) is 11.8 Å². The molecule has 118 valence electrons. The SMILES string of the molecule is CCS(=O)(=O)N1CCN(C(C)c2nc(C3CC3)no2)CC1. The van der Waals surface area contributed by atoms with E-state index in [1.54, 1.807) is 11.2 Å². The molecule has 1 aromatic heterocycles. The highest BCUT2D eigenvalue weighted by molar-refractivity contribution is 7.89. The number of hydrogen-bond acceptors (Lipinski definition) is 6. The van der Waals surface area contributed by atoms with Gasteiger partial charge in [-0.1, -0.05) is 5.16 Å². The summed E-state index contributed by atoms with van der Waals surface area (Å²) in [6.45, 7) is 6.17. The lowest BCUT2D eigenvalue weighted by Crippen LogP contribution is -2.49. The van der Waals surface area contributed by atoms with Crippen molar-refractivity contribution >= 4 is 10.0 Å². The first kappa shape index (κ1) is 14.9. The number of rotatable bonds is 5. The van der Waals surface area contributed by atoms with E-state index in [-0.39, 0.29) is 11.8 Å². The molecule has 7 nitrogen and oxygen atoms in total. The monoisotopic (exact) mass is 314 g/mol. The molecule has 3 rings (SSSR count). The van der Waals surface area contributed by atoms with Gasteiger partial charge in [-0.3, -0.25) is 4.90 Å². The molecule has 0 bridgehead atoms. The van der Waals surface area contributed by atoms with Crippen molar-refractivity contribution in [1.82, 2.24) is 19.3 Å². The zero-order chi connectivity index (χ0) is 15.0. The molecule has 1 aromatic rings. The van der Waals surface area contributed by atoms with Crippen molar-refractivity contribution in [3.05, 3.63) is 11.7 Å². The third kappa shape index (κ3) is 3.12. The summed E-state index contributed by atoms with van der Waals surface area (Å²) in [6.07, 6.45) is 2.31. The molecule has 0 spiro atoms. The van der Waals surface area contributed by atoms with Crippen LogP contribution >= 0.6 is 0 Å². The fourth-order valence-corrected chi connectivity index (χ4v) is 3.72. The van der Waals surface area contributed by atoms with Crippen LogP contribution in [0.4, 0.5) is 0 Å². The standard InChI is InChI=1S/C13H22N4O3S/c1-3-21(18,19)17-8-6-16(7-9-17)10(2)13-14-12(15-20-13)11-4-5-11/h10-11H,3-9H2,1-2H3. The number of aromatic nitrogens is 2. The molecule has 1 aliphatic carbocycles. The Morgan fingerprint density at radius 2 is 1.95 bits per heavy atom. The molecule has 0 radical (unpaired) electrons. The van der Waals surface area contributed by atoms with Gasteiger partial charge < -0.3 is 4.52 Å². The van der Waals surface area contributed by atoms with Crippen LogP contribution in [-0.4, -0.2) is 59.7 Å². The molecule has 1 unspecified atom stereocenters. The maximum Gasteiger partial charge on any atom is 0.243 e. The van der Waals surface area contributed by atoms with Gasteiger partial charge in [0.15, 0.2) is 5.82 Å². The van der Waals surface area contributed by atoms with Crippen molar-refractivity contribution in [2.45, 2.75) is 38.6 Å². The molecule has 21 heavy (non-hydrogen) atoms. The molecule has 8 heteroatoms. The lowest BCUT2D eigenvalue weighted by Gasteiger charge is -2.35. The molecule has 1 saturated heterocycles. The summed E-state index contributed by atoms with van der Waals surface area (Å²) in [5.74, 6) is 2.12. The first-order valence-electron chi connectivity index (χ1n) is 7.56. The van der Waals surface area contributed by atoms with Gasteiger partial charge in [0.25, 0.3) is 0 Å². The fraction of sp³-hybridized carbons (Fsp3) is 0.846. The van der Waals surface area contributed by atoms with E-state index < -0.39 is 10.0 Å². The summed E-state index contributed by atoms with van der Waals surface area (Å²) in [7, 11) is -3.08. The van der Waals surface area contributed by atoms with Crippen molar-refractivity contribution in [2.75, 3.05) is 31.9 Å². The lowest BCUT2D eigenvalue weighted by atomic mass is 10.2. The van der Waals surface area contributed by atoms with Crippen molar-refractivity contribution in [2.24, 2.45) is 0 Å². The molecule has 0 amide bonds. The Kier molecular flexibility index (Phi) is 4.02. The Bertz CT molecular complexity index is 588. The summed E-state index contributed by atoms with van der Waals surface area (Å²) in [5, 5.41) is 4.04. The predicted octanol–water partition coefficient (Wildman–Crippen LogP) is 0.975. The molecule has 1 saturated carbocycles. The van der Waals surface area contributed by atoms with E-state index in [1.807, 2.05) is 6.92 Å². The molecule has 2 aliphatic rings. The van der Waals surface area contributed by atoms with Gasteiger partial charge in [0.2, 0.25) is 15.9 Å². The van der Waals surface area contributed by atoms with Crippen LogP contribution in [0.1, 0.15) is 50.4 Å². The number of nitrogens with zero attached hydrogens (tertiary/aromatic N) is 4. The molecule has 2 fully saturated rings. The highest BCUT2D eigenvalue weighted by Gasteiger charge is 2.32. The number of piperazine rings is 1. The van der Waals surface area contributed by atoms with Gasteiger partial charge >= 0.3 is 0 Å². The maximum absolute atomic E-state index is 11.9. The number of hydrogen-bond donors (Lipinski definition) is 0. The second kappa shape index (κ2) is 5.66. The molecular formula is C13H22N4O3S. The minimum atomic E-state index is -3.08. The minimum Gasteiger partial charge on any atom is -0.338 e. The lowest BCUT2D eigenvalue weighted by molar-refractivity contribution is 0.124. The van der Waals surface area contributed by atoms with E-state index >= 15 is 0 Å². The summed E-state index contributed by atoms with van der Waals surface area (Å²) >= 11 is 0. The second-order valence-corrected chi connectivity index (χ2v) is 8.03. The number of sulfonamides is 1. The first-order valence-corrected chi connectivity index (χ1v) is 9.17. The Labute approximate surface area is 125 Å². The molecule has 1 atom stereocenters. The minimum absolute atomic E-state index is 0.0384. The van der Waals surface area contributed by atoms with Crippen LogP contribution in [0.15, 0.2) is 4.52 Å². The van der Waals surface area contributed by atoms with Gasteiger partial charge in [-0.05, 0) is 26.7 Å². The van der Waals surface area contributed by atoms with Crippen LogP contribution in [0.25, 0.3) is 0 Å². The van der Waals surface area contributed by atoms with Gasteiger partial charge in [-0.25, -0.2) is 8.42 Å². The topological polar surface area (TPSA) is 79.5 Å². The highest BCUT2D eigenvalue weighted by atomic mass is 32.2. The van der Waals surface area contributed by atoms with E-state index in [9.17, 15) is 8.42 Å². The fourth-order valence-electron chi connectivity index (χ4n) is 2.63. The second-order valence-electron chi connectivity index (χ2n) is 5.78. The Morgan fingerprint density at radius 1 is 1.29 bits per heavy atom. The summed E-state index contributed by atoms with van der Waals surface area (Å²) in [6, 6.07) is 0.0384. The molecular weight excluding hydrogens is 292 g/mol. The molecule has 0 aromatic carbocycles. The Hall–Kier alpha value is -0.990. The molecule has 1 aliphatic heterocycles. The smallest absolute Gasteiger partial charge is 0.243 e. The zero-order valence-electron chi connectivity index (χ0n) is 12.5. The quantitative estimate of drug-likeness (QED) is 0.806. The van der Waals surface area contributed by atoms with Gasteiger partial charge in [-0.15, -0.1) is 0 Å². The molecule has 2 heterocycles. The third-order valence-electron chi connectivity index (χ3n) is 4.34.